The average Bonchev–Trinajstić information content (AvgIpc) is 2.59. The number of rotatable bonds is 10. The second kappa shape index (κ2) is 10.4. The van der Waals surface area contributed by atoms with Crippen molar-refractivity contribution in [2.24, 2.45) is 0 Å². The Labute approximate surface area is 180 Å². The summed E-state index contributed by atoms with van der Waals surface area (Å²) in [4.78, 5) is 0. The summed E-state index contributed by atoms with van der Waals surface area (Å²) in [6.45, 7) is 0. The Morgan fingerprint density at radius 2 is 1.03 bits per heavy atom. The summed E-state index contributed by atoms with van der Waals surface area (Å²) in [6.07, 6.45) is -16.3. The normalized spacial score (nSPS) is 16.1. The average molecular weight is 569 g/mol. The molecule has 0 aliphatic heterocycles. The number of alkyl halides is 16. The molecule has 0 aromatic heterocycles. The molecule has 0 aromatic carbocycles. The molecule has 0 aliphatic carbocycles. The molecule has 0 amide bonds. The summed E-state index contributed by atoms with van der Waals surface area (Å²) in [7, 11) is -3.99. The predicted molar refractivity (Wildman–Crippen MR) is 78.0 cm³/mol. The number of nitrogens with two attached hydrogens (primary N) is 1. The lowest BCUT2D eigenvalue weighted by Crippen LogP contribution is -2.74. The van der Waals surface area contributed by atoms with E-state index in [9.17, 15) is 83.2 Å². The van der Waals surface area contributed by atoms with Crippen LogP contribution in [0, 0.1) is 0 Å². The fraction of sp³-hybridized carbons (Fsp3) is 1.00. The summed E-state index contributed by atoms with van der Waals surface area (Å²) in [5.41, 5.74) is 0. The molecular formula is C13H15F16NO3S. The molecule has 1 atom stereocenters. The van der Waals surface area contributed by atoms with Gasteiger partial charge in [0.15, 0.2) is 16.3 Å². The summed E-state index contributed by atoms with van der Waals surface area (Å²) in [5.74, 6) is -40.2. The molecule has 4 nitrogen and oxygen atoms in total. The van der Waals surface area contributed by atoms with Crippen molar-refractivity contribution in [3.05, 3.63) is 0 Å². The van der Waals surface area contributed by atoms with Crippen LogP contribution in [-0.2, 0) is 10.1 Å². The number of halogens is 16. The van der Waals surface area contributed by atoms with Gasteiger partial charge in [0.25, 0.3) is 0 Å². The highest BCUT2D eigenvalue weighted by Gasteiger charge is 2.91. The molecule has 0 radical (unpaired) electrons. The van der Waals surface area contributed by atoms with Gasteiger partial charge >= 0.3 is 41.0 Å². The van der Waals surface area contributed by atoms with E-state index in [1.165, 1.54) is 0 Å². The molecule has 34 heavy (non-hydrogen) atoms. The van der Waals surface area contributed by atoms with Gasteiger partial charge in [0.2, 0.25) is 0 Å². The van der Waals surface area contributed by atoms with Crippen molar-refractivity contribution in [1.29, 1.82) is 0 Å². The molecule has 0 spiro atoms. The third kappa shape index (κ3) is 6.30. The van der Waals surface area contributed by atoms with Gasteiger partial charge in [-0.2, -0.15) is 65.9 Å². The van der Waals surface area contributed by atoms with Gasteiger partial charge in [0, 0.05) is 6.42 Å². The van der Waals surface area contributed by atoms with Crippen LogP contribution in [-0.4, -0.2) is 74.3 Å². The smallest absolute Gasteiger partial charge is 0.402 e. The zero-order valence-electron chi connectivity index (χ0n) is 16.5. The molecule has 1 unspecified atom stereocenters. The lowest BCUT2D eigenvalue weighted by atomic mass is 9.91. The summed E-state index contributed by atoms with van der Waals surface area (Å²) >= 11 is 0. The monoisotopic (exact) mass is 569 g/mol. The van der Waals surface area contributed by atoms with Crippen molar-refractivity contribution >= 4 is 10.1 Å². The van der Waals surface area contributed by atoms with Crippen LogP contribution < -0.4 is 5.32 Å². The largest absolute Gasteiger partial charge is 0.743 e. The molecular weight excluding hydrogens is 554 g/mol. The molecule has 0 aromatic rings. The summed E-state index contributed by atoms with van der Waals surface area (Å²) < 4.78 is 237. The third-order valence-electron chi connectivity index (χ3n) is 3.59. The van der Waals surface area contributed by atoms with Crippen LogP contribution in [0.2, 0.25) is 0 Å². The fourth-order valence-electron chi connectivity index (χ4n) is 1.80. The van der Waals surface area contributed by atoms with Crippen LogP contribution in [0.5, 0.6) is 0 Å². The molecule has 21 heteroatoms. The minimum absolute atomic E-state index is 1.80. The van der Waals surface area contributed by atoms with Crippen molar-refractivity contribution in [2.75, 3.05) is 14.1 Å². The second-order valence-corrected chi connectivity index (χ2v) is 7.86. The Bertz CT molecular complexity index is 765. The number of quaternary nitrogens is 1. The lowest BCUT2D eigenvalue weighted by Gasteiger charge is -2.42. The first-order valence-corrected chi connectivity index (χ1v) is 9.62. The van der Waals surface area contributed by atoms with E-state index in [1.54, 1.807) is 0 Å². The quantitative estimate of drug-likeness (QED) is 0.317. The van der Waals surface area contributed by atoms with Gasteiger partial charge in [-0.25, -0.2) is 12.8 Å². The van der Waals surface area contributed by atoms with Crippen molar-refractivity contribution in [3.8, 4) is 0 Å². The first kappa shape index (κ1) is 34.9. The molecule has 0 saturated carbocycles. The predicted octanol–water partition coefficient (Wildman–Crippen LogP) is 4.18. The van der Waals surface area contributed by atoms with E-state index in [-0.39, 0.29) is 0 Å². The molecule has 2 N–H and O–H groups in total. The maximum Gasteiger partial charge on any atom is 0.402 e. The van der Waals surface area contributed by atoms with Crippen molar-refractivity contribution in [3.63, 3.8) is 0 Å². The molecule has 0 heterocycles. The van der Waals surface area contributed by atoms with Crippen LogP contribution in [0.15, 0.2) is 0 Å². The number of hydrogen-bond acceptors (Lipinski definition) is 3. The van der Waals surface area contributed by atoms with Gasteiger partial charge in [-0.05, 0) is 12.8 Å². The Morgan fingerprint density at radius 3 is 1.32 bits per heavy atom. The minimum Gasteiger partial charge on any atom is -0.743 e. The minimum atomic E-state index is -8.43. The Hall–Kier alpha value is -1.25. The Balaban J connectivity index is 0. The molecule has 0 aliphatic rings. The van der Waals surface area contributed by atoms with E-state index in [0.717, 1.165) is 0 Å². The van der Waals surface area contributed by atoms with Gasteiger partial charge in [-0.3, -0.25) is 0 Å². The van der Waals surface area contributed by atoms with E-state index in [0.29, 0.717) is 0 Å². The highest BCUT2D eigenvalue weighted by atomic mass is 32.2. The van der Waals surface area contributed by atoms with Crippen LogP contribution in [0.1, 0.15) is 19.3 Å². The summed E-state index contributed by atoms with van der Waals surface area (Å²) in [6, 6.07) is 0. The maximum absolute atomic E-state index is 13.4. The zero-order chi connectivity index (χ0) is 28.4. The number of hydrogen-bond donors (Lipinski definition) is 1. The highest BCUT2D eigenvalue weighted by Crippen LogP contribution is 2.61. The van der Waals surface area contributed by atoms with Gasteiger partial charge in [-0.15, -0.1) is 0 Å². The van der Waals surface area contributed by atoms with Crippen LogP contribution in [0.3, 0.4) is 0 Å². The third-order valence-corrected chi connectivity index (χ3v) is 4.48. The van der Waals surface area contributed by atoms with Crippen molar-refractivity contribution in [2.45, 2.75) is 66.5 Å². The molecule has 208 valence electrons. The van der Waals surface area contributed by atoms with E-state index in [4.69, 9.17) is 0 Å². The maximum atomic E-state index is 13.4. The molecule has 0 bridgehead atoms. The van der Waals surface area contributed by atoms with Gasteiger partial charge in [0.05, 0.1) is 14.1 Å². The molecule has 0 saturated heterocycles. The van der Waals surface area contributed by atoms with Crippen LogP contribution >= 0.6 is 0 Å². The summed E-state index contributed by atoms with van der Waals surface area (Å²) in [5, 5.41) is -5.75. The standard InChI is InChI=1S/C11H8F16O3S.C2H7N/c12-4(2-1-3-5(13,14)15)6(16,17)7(18,19)8(20,21)9(22,23)10(24,25)11(26,27)31(28,29)30;1-3-2/h4H,1-3H2,(H,28,29,30);3H,1-2H3. The fourth-order valence-corrected chi connectivity index (χ4v) is 2.25. The van der Waals surface area contributed by atoms with E-state index < -0.39 is 76.6 Å². The van der Waals surface area contributed by atoms with E-state index in [2.05, 4.69) is 0 Å². The van der Waals surface area contributed by atoms with Gasteiger partial charge in [0.1, 0.15) is 0 Å². The van der Waals surface area contributed by atoms with E-state index in [1.807, 2.05) is 19.4 Å². The van der Waals surface area contributed by atoms with E-state index >= 15 is 0 Å². The lowest BCUT2D eigenvalue weighted by molar-refractivity contribution is -0.597. The second-order valence-electron chi connectivity index (χ2n) is 6.44. The SMILES string of the molecule is C[NH2+]C.O=S(=O)([O-])C(F)(F)C(F)(F)C(F)(F)C(F)(F)C(F)(F)C(F)(F)C(F)CCCC(F)(F)F. The highest BCUT2D eigenvalue weighted by molar-refractivity contribution is 7.86. The van der Waals surface area contributed by atoms with Crippen LogP contribution in [0.4, 0.5) is 70.2 Å². The topological polar surface area (TPSA) is 73.8 Å². The van der Waals surface area contributed by atoms with Gasteiger partial charge < -0.3 is 9.87 Å². The first-order valence-electron chi connectivity index (χ1n) is 8.21. The zero-order valence-corrected chi connectivity index (χ0v) is 17.3. The first-order chi connectivity index (χ1) is 14.5. The van der Waals surface area contributed by atoms with Crippen molar-refractivity contribution in [1.82, 2.24) is 0 Å². The Morgan fingerprint density at radius 1 is 0.706 bits per heavy atom. The van der Waals surface area contributed by atoms with Crippen molar-refractivity contribution < 1.29 is 88.5 Å². The molecule has 0 rings (SSSR count). The van der Waals surface area contributed by atoms with Crippen LogP contribution in [0.25, 0.3) is 0 Å². The van der Waals surface area contributed by atoms with Gasteiger partial charge in [-0.1, -0.05) is 0 Å². The Kier molecular flexibility index (Phi) is 10.7. The molecule has 0 fully saturated rings.